The van der Waals surface area contributed by atoms with E-state index in [1.165, 1.54) is 0 Å². The highest BCUT2D eigenvalue weighted by molar-refractivity contribution is 5.79. The van der Waals surface area contributed by atoms with Crippen molar-refractivity contribution in [1.29, 1.82) is 0 Å². The number of aryl methyl sites for hydroxylation is 1. The fourth-order valence-corrected chi connectivity index (χ4v) is 2.09. The van der Waals surface area contributed by atoms with Gasteiger partial charge in [-0.15, -0.1) is 0 Å². The fraction of sp³-hybridized carbons (Fsp3) is 0.583. The zero-order valence-corrected chi connectivity index (χ0v) is 9.82. The summed E-state index contributed by atoms with van der Waals surface area (Å²) in [4.78, 5) is 13.8. The Labute approximate surface area is 95.6 Å². The molecule has 2 heterocycles. The molecule has 1 amide bonds. The third-order valence-corrected chi connectivity index (χ3v) is 3.16. The van der Waals surface area contributed by atoms with Crippen molar-refractivity contribution in [1.82, 2.24) is 10.2 Å². The monoisotopic (exact) mass is 222 g/mol. The van der Waals surface area contributed by atoms with Crippen molar-refractivity contribution in [2.24, 2.45) is 5.92 Å². The van der Waals surface area contributed by atoms with E-state index in [1.807, 2.05) is 20.0 Å². The molecule has 4 nitrogen and oxygen atoms in total. The third-order valence-electron chi connectivity index (χ3n) is 3.16. The van der Waals surface area contributed by atoms with E-state index in [0.717, 1.165) is 30.8 Å². The summed E-state index contributed by atoms with van der Waals surface area (Å²) in [5.74, 6) is 1.27. The summed E-state index contributed by atoms with van der Waals surface area (Å²) < 4.78 is 5.22. The summed E-state index contributed by atoms with van der Waals surface area (Å²) in [6.07, 6.45) is 2.62. The van der Waals surface area contributed by atoms with Gasteiger partial charge in [-0.05, 0) is 26.0 Å². The second-order valence-corrected chi connectivity index (χ2v) is 4.39. The minimum absolute atomic E-state index is 0.150. The number of nitrogens with one attached hydrogen (secondary N) is 1. The molecule has 1 aromatic heterocycles. The molecule has 0 aliphatic carbocycles. The van der Waals surface area contributed by atoms with Gasteiger partial charge in [0, 0.05) is 25.7 Å². The lowest BCUT2D eigenvalue weighted by Gasteiger charge is -2.20. The van der Waals surface area contributed by atoms with Gasteiger partial charge in [0.05, 0.1) is 12.2 Å². The number of hydrogen-bond acceptors (Lipinski definition) is 3. The van der Waals surface area contributed by atoms with Gasteiger partial charge < -0.3 is 14.6 Å². The molecule has 0 saturated carbocycles. The molecule has 1 saturated heterocycles. The molecular formula is C12H18N2O2. The maximum absolute atomic E-state index is 12.0. The highest BCUT2D eigenvalue weighted by Crippen LogP contribution is 2.15. The summed E-state index contributed by atoms with van der Waals surface area (Å²) in [6.45, 7) is 4.32. The van der Waals surface area contributed by atoms with Gasteiger partial charge in [0.2, 0.25) is 5.91 Å². The first-order valence-electron chi connectivity index (χ1n) is 5.67. The average Bonchev–Trinajstić information content (AvgIpc) is 2.89. The fourth-order valence-electron chi connectivity index (χ4n) is 2.09. The Hall–Kier alpha value is -1.29. The van der Waals surface area contributed by atoms with Crippen molar-refractivity contribution >= 4 is 5.91 Å². The van der Waals surface area contributed by atoms with E-state index >= 15 is 0 Å². The van der Waals surface area contributed by atoms with Crippen LogP contribution >= 0.6 is 0 Å². The quantitative estimate of drug-likeness (QED) is 0.834. The van der Waals surface area contributed by atoms with Crippen LogP contribution in [0.3, 0.4) is 0 Å². The minimum Gasteiger partial charge on any atom is -0.469 e. The molecule has 0 bridgehead atoms. The summed E-state index contributed by atoms with van der Waals surface area (Å²) in [5, 5.41) is 3.21. The van der Waals surface area contributed by atoms with Crippen molar-refractivity contribution in [3.05, 3.63) is 23.7 Å². The molecule has 4 heteroatoms. The molecule has 1 fully saturated rings. The first kappa shape index (κ1) is 11.2. The molecular weight excluding hydrogens is 204 g/mol. The Morgan fingerprint density at radius 1 is 1.69 bits per heavy atom. The van der Waals surface area contributed by atoms with Crippen LogP contribution in [-0.4, -0.2) is 30.9 Å². The van der Waals surface area contributed by atoms with E-state index in [0.29, 0.717) is 6.54 Å². The number of carbonyl (C=O) groups is 1. The standard InChI is InChI=1S/C12H18N2O2/c1-9-11(4-6-16-9)8-14(2)12(15)10-3-5-13-7-10/h4,6,10,13H,3,5,7-8H2,1-2H3. The van der Waals surface area contributed by atoms with Crippen LogP contribution in [0.25, 0.3) is 0 Å². The predicted octanol–water partition coefficient (Wildman–Crippen LogP) is 1.16. The summed E-state index contributed by atoms with van der Waals surface area (Å²) >= 11 is 0. The molecule has 2 rings (SSSR count). The van der Waals surface area contributed by atoms with Crippen molar-refractivity contribution in [3.8, 4) is 0 Å². The predicted molar refractivity (Wildman–Crippen MR) is 60.9 cm³/mol. The van der Waals surface area contributed by atoms with Crippen molar-refractivity contribution in [3.63, 3.8) is 0 Å². The second kappa shape index (κ2) is 4.70. The topological polar surface area (TPSA) is 45.5 Å². The highest BCUT2D eigenvalue weighted by Gasteiger charge is 2.25. The van der Waals surface area contributed by atoms with Crippen LogP contribution < -0.4 is 5.32 Å². The van der Waals surface area contributed by atoms with Gasteiger partial charge in [-0.3, -0.25) is 4.79 Å². The molecule has 1 N–H and O–H groups in total. The molecule has 1 aliphatic rings. The van der Waals surface area contributed by atoms with Crippen LogP contribution in [0.4, 0.5) is 0 Å². The maximum atomic E-state index is 12.0. The molecule has 0 radical (unpaired) electrons. The number of furan rings is 1. The molecule has 16 heavy (non-hydrogen) atoms. The number of carbonyl (C=O) groups excluding carboxylic acids is 1. The number of amides is 1. The highest BCUT2D eigenvalue weighted by atomic mass is 16.3. The molecule has 1 aliphatic heterocycles. The Bertz CT molecular complexity index is 367. The zero-order valence-electron chi connectivity index (χ0n) is 9.82. The Kier molecular flexibility index (Phi) is 3.29. The summed E-state index contributed by atoms with van der Waals surface area (Å²) in [7, 11) is 1.85. The smallest absolute Gasteiger partial charge is 0.227 e. The number of nitrogens with zero attached hydrogens (tertiary/aromatic N) is 1. The van der Waals surface area contributed by atoms with Crippen molar-refractivity contribution in [2.45, 2.75) is 19.9 Å². The lowest BCUT2D eigenvalue weighted by Crippen LogP contribution is -2.33. The van der Waals surface area contributed by atoms with Gasteiger partial charge in [-0.1, -0.05) is 0 Å². The third kappa shape index (κ3) is 2.27. The SMILES string of the molecule is Cc1occc1CN(C)C(=O)C1CCNC1. The van der Waals surface area contributed by atoms with Crippen molar-refractivity contribution < 1.29 is 9.21 Å². The van der Waals surface area contributed by atoms with Crippen LogP contribution in [0.15, 0.2) is 16.7 Å². The molecule has 88 valence electrons. The molecule has 1 aromatic rings. The first-order chi connectivity index (χ1) is 7.68. The van der Waals surface area contributed by atoms with E-state index < -0.39 is 0 Å². The Morgan fingerprint density at radius 2 is 2.50 bits per heavy atom. The van der Waals surface area contributed by atoms with Crippen molar-refractivity contribution in [2.75, 3.05) is 20.1 Å². The molecule has 0 aromatic carbocycles. The number of rotatable bonds is 3. The lowest BCUT2D eigenvalue weighted by molar-refractivity contribution is -0.134. The van der Waals surface area contributed by atoms with Gasteiger partial charge in [0.1, 0.15) is 5.76 Å². The van der Waals surface area contributed by atoms with E-state index in [1.54, 1.807) is 11.2 Å². The van der Waals surface area contributed by atoms with Crippen LogP contribution in [0, 0.1) is 12.8 Å². The van der Waals surface area contributed by atoms with E-state index in [4.69, 9.17) is 4.42 Å². The molecule has 0 spiro atoms. The van der Waals surface area contributed by atoms with Crippen LogP contribution in [0.1, 0.15) is 17.7 Å². The number of hydrogen-bond donors (Lipinski definition) is 1. The van der Waals surface area contributed by atoms with E-state index in [-0.39, 0.29) is 11.8 Å². The van der Waals surface area contributed by atoms with Gasteiger partial charge in [-0.25, -0.2) is 0 Å². The Balaban J connectivity index is 1.94. The van der Waals surface area contributed by atoms with Crippen LogP contribution in [0.2, 0.25) is 0 Å². The first-order valence-corrected chi connectivity index (χ1v) is 5.67. The van der Waals surface area contributed by atoms with Crippen LogP contribution in [0.5, 0.6) is 0 Å². The second-order valence-electron chi connectivity index (χ2n) is 4.39. The van der Waals surface area contributed by atoms with E-state index in [2.05, 4.69) is 5.32 Å². The van der Waals surface area contributed by atoms with Gasteiger partial charge in [0.15, 0.2) is 0 Å². The summed E-state index contributed by atoms with van der Waals surface area (Å²) in [6, 6.07) is 1.92. The average molecular weight is 222 g/mol. The van der Waals surface area contributed by atoms with E-state index in [9.17, 15) is 4.79 Å². The molecule has 1 unspecified atom stereocenters. The largest absolute Gasteiger partial charge is 0.469 e. The zero-order chi connectivity index (χ0) is 11.5. The van der Waals surface area contributed by atoms with Gasteiger partial charge >= 0.3 is 0 Å². The molecule has 1 atom stereocenters. The van der Waals surface area contributed by atoms with Crippen LogP contribution in [-0.2, 0) is 11.3 Å². The lowest BCUT2D eigenvalue weighted by atomic mass is 10.1. The normalized spacial score (nSPS) is 20.0. The summed E-state index contributed by atoms with van der Waals surface area (Å²) in [5.41, 5.74) is 1.09. The minimum atomic E-state index is 0.150. The van der Waals surface area contributed by atoms with Gasteiger partial charge in [-0.2, -0.15) is 0 Å². The Morgan fingerprint density at radius 3 is 3.06 bits per heavy atom. The maximum Gasteiger partial charge on any atom is 0.227 e. The van der Waals surface area contributed by atoms with Gasteiger partial charge in [0.25, 0.3) is 0 Å².